The molecule has 0 unspecified atom stereocenters. The number of carbonyl (C=O) groups excluding carboxylic acids is 1. The average Bonchev–Trinajstić information content (AvgIpc) is 2.90. The van der Waals surface area contributed by atoms with Crippen molar-refractivity contribution in [2.45, 2.75) is 75.4 Å². The number of alkyl halides is 3. The average molecular weight is 516 g/mol. The van der Waals surface area contributed by atoms with Gasteiger partial charge in [-0.1, -0.05) is 25.0 Å². The zero-order valence-corrected chi connectivity index (χ0v) is 21.1. The fourth-order valence-corrected chi connectivity index (χ4v) is 7.21. The number of carbonyl (C=O) groups is 1. The van der Waals surface area contributed by atoms with E-state index in [0.29, 0.717) is 11.8 Å². The lowest BCUT2D eigenvalue weighted by atomic mass is 9.53. The van der Waals surface area contributed by atoms with E-state index in [1.165, 1.54) is 68.2 Å². The maximum Gasteiger partial charge on any atom is 0.446 e. The molecular weight excluding hydrogens is 479 g/mol. The maximum absolute atomic E-state index is 11.1. The van der Waals surface area contributed by atoms with Crippen molar-refractivity contribution in [1.29, 1.82) is 0 Å². The van der Waals surface area contributed by atoms with Gasteiger partial charge in [-0.2, -0.15) is 13.2 Å². The second-order valence-electron chi connectivity index (χ2n) is 10.9. The van der Waals surface area contributed by atoms with Crippen LogP contribution in [0.2, 0.25) is 0 Å². The third-order valence-electron chi connectivity index (χ3n) is 8.76. The van der Waals surface area contributed by atoms with Crippen molar-refractivity contribution in [3.05, 3.63) is 47.5 Å². The molecule has 200 valence electrons. The summed E-state index contributed by atoms with van der Waals surface area (Å²) in [7, 11) is 0. The Kier molecular flexibility index (Phi) is 7.39. The Bertz CT molecular complexity index is 1110. The van der Waals surface area contributed by atoms with Gasteiger partial charge >= 0.3 is 6.18 Å². The van der Waals surface area contributed by atoms with E-state index in [4.69, 9.17) is 4.79 Å². The molecule has 37 heavy (non-hydrogen) atoms. The van der Waals surface area contributed by atoms with Gasteiger partial charge in [-0.15, -0.1) is 0 Å². The van der Waals surface area contributed by atoms with Crippen LogP contribution in [-0.4, -0.2) is 43.2 Å². The quantitative estimate of drug-likeness (QED) is 0.335. The molecule has 2 aromatic rings. The van der Waals surface area contributed by atoms with Crippen LogP contribution in [0.4, 0.5) is 30.2 Å². The number of aldehydes is 1. The fraction of sp³-hybridized carbons (Fsp3) is 0.552. The number of anilines is 3. The molecule has 3 atom stereocenters. The molecule has 5 nitrogen and oxygen atoms in total. The highest BCUT2D eigenvalue weighted by Crippen LogP contribution is 2.55. The summed E-state index contributed by atoms with van der Waals surface area (Å²) in [5.74, 6) is 1.14. The number of hydrogen-bond donors (Lipinski definition) is 3. The van der Waals surface area contributed by atoms with E-state index >= 15 is 0 Å². The third-order valence-corrected chi connectivity index (χ3v) is 8.76. The first kappa shape index (κ1) is 25.9. The number of nitrogens with one attached hydrogen (secondary N) is 2. The second-order valence-corrected chi connectivity index (χ2v) is 10.9. The molecule has 0 radical (unpaired) electrons. The summed E-state index contributed by atoms with van der Waals surface area (Å²) in [5.41, 5.74) is 6.37. The summed E-state index contributed by atoms with van der Waals surface area (Å²) in [6, 6.07) is 13.5. The molecule has 2 aliphatic heterocycles. The number of fused-ring (bicyclic) bond motifs is 1. The predicted molar refractivity (Wildman–Crippen MR) is 140 cm³/mol. The molecule has 4 aliphatic rings. The molecule has 3 N–H and O–H groups in total. The maximum atomic E-state index is 11.1. The third kappa shape index (κ3) is 5.31. The van der Waals surface area contributed by atoms with Crippen molar-refractivity contribution in [3.63, 3.8) is 0 Å². The Morgan fingerprint density at radius 1 is 1.03 bits per heavy atom. The van der Waals surface area contributed by atoms with Crippen LogP contribution in [0, 0.1) is 5.92 Å². The summed E-state index contributed by atoms with van der Waals surface area (Å²) < 4.78 is 31.2. The summed E-state index contributed by atoms with van der Waals surface area (Å²) in [6.45, 7) is 3.35. The molecule has 0 spiro atoms. The van der Waals surface area contributed by atoms with Crippen molar-refractivity contribution in [3.8, 4) is 5.75 Å². The van der Waals surface area contributed by atoms with Gasteiger partial charge in [0.25, 0.3) is 0 Å². The van der Waals surface area contributed by atoms with Gasteiger partial charge < -0.3 is 20.6 Å². The van der Waals surface area contributed by atoms with Gasteiger partial charge in [-0.3, -0.25) is 4.79 Å². The van der Waals surface area contributed by atoms with Crippen molar-refractivity contribution < 1.29 is 23.1 Å². The number of halogens is 3. The standard InChI is InChI=1S/C27H35N3O.C2HF3O/c31-26-18-21-19(16-23-20-8-4-5-11-27(20,21)12-13-28-23)17-24(26)29-22-9-2-3-10-25(22)30-14-6-1-7-15-30;3-2(4,5)1-6/h2-3,9-10,17-18,20,23,28-29,31H,1,4-8,11-16H2;1H/t20-,23+,27+;/m1./s1. The molecule has 2 saturated heterocycles. The SMILES string of the molecule is O=CC(F)(F)F.Oc1cc2c(cc1Nc1ccccc1N1CCCCC1)C[C@@H]1NCC[C@]23CCCC[C@H]13. The van der Waals surface area contributed by atoms with Gasteiger partial charge in [0.05, 0.1) is 17.1 Å². The number of nitrogens with zero attached hydrogens (tertiary/aromatic N) is 1. The highest BCUT2D eigenvalue weighted by Gasteiger charge is 2.51. The van der Waals surface area contributed by atoms with E-state index in [2.05, 4.69) is 51.9 Å². The molecule has 0 amide bonds. The first-order chi connectivity index (χ1) is 17.8. The Balaban J connectivity index is 0.000000421. The molecule has 2 aliphatic carbocycles. The lowest BCUT2D eigenvalue weighted by Crippen LogP contribution is -2.59. The fourth-order valence-electron chi connectivity index (χ4n) is 7.21. The smallest absolute Gasteiger partial charge is 0.446 e. The van der Waals surface area contributed by atoms with Crippen LogP contribution < -0.4 is 15.5 Å². The molecule has 0 aromatic heterocycles. The number of aromatic hydroxyl groups is 1. The van der Waals surface area contributed by atoms with Gasteiger partial charge in [-0.05, 0) is 92.8 Å². The van der Waals surface area contributed by atoms with Gasteiger partial charge in [0.2, 0.25) is 6.29 Å². The van der Waals surface area contributed by atoms with Gasteiger partial charge in [-0.25, -0.2) is 0 Å². The predicted octanol–water partition coefficient (Wildman–Crippen LogP) is 6.22. The Labute approximate surface area is 216 Å². The van der Waals surface area contributed by atoms with Gasteiger partial charge in [0.15, 0.2) is 0 Å². The van der Waals surface area contributed by atoms with E-state index in [1.54, 1.807) is 0 Å². The first-order valence-corrected chi connectivity index (χ1v) is 13.5. The number of para-hydroxylation sites is 2. The second kappa shape index (κ2) is 10.6. The molecular formula is C29H36F3N3O2. The van der Waals surface area contributed by atoms with E-state index in [1.807, 2.05) is 0 Å². The van der Waals surface area contributed by atoms with E-state index in [-0.39, 0.29) is 5.41 Å². The monoisotopic (exact) mass is 515 g/mol. The lowest BCUT2D eigenvalue weighted by Gasteiger charge is -2.56. The first-order valence-electron chi connectivity index (χ1n) is 13.5. The van der Waals surface area contributed by atoms with Crippen LogP contribution in [0.25, 0.3) is 0 Å². The minimum atomic E-state index is -4.64. The summed E-state index contributed by atoms with van der Waals surface area (Å²) in [6.07, 6.45) is 5.75. The number of benzene rings is 2. The molecule has 2 heterocycles. The van der Waals surface area contributed by atoms with Crippen molar-refractivity contribution in [1.82, 2.24) is 5.32 Å². The normalized spacial score (nSPS) is 26.7. The Hall–Kier alpha value is -2.74. The molecule has 8 heteroatoms. The number of hydrogen-bond acceptors (Lipinski definition) is 5. The van der Waals surface area contributed by atoms with E-state index in [9.17, 15) is 18.3 Å². The molecule has 3 fully saturated rings. The van der Waals surface area contributed by atoms with Crippen molar-refractivity contribution in [2.24, 2.45) is 5.92 Å². The topological polar surface area (TPSA) is 64.6 Å². The zero-order valence-electron chi connectivity index (χ0n) is 21.1. The van der Waals surface area contributed by atoms with Crippen LogP contribution in [0.1, 0.15) is 62.5 Å². The van der Waals surface area contributed by atoms with E-state index in [0.717, 1.165) is 43.3 Å². The molecule has 2 bridgehead atoms. The number of phenols is 1. The summed E-state index contributed by atoms with van der Waals surface area (Å²) >= 11 is 0. The summed E-state index contributed by atoms with van der Waals surface area (Å²) in [5, 5.41) is 18.6. The highest BCUT2D eigenvalue weighted by atomic mass is 19.4. The Morgan fingerprint density at radius 3 is 2.54 bits per heavy atom. The lowest BCUT2D eigenvalue weighted by molar-refractivity contribution is -0.156. The number of piperidine rings is 2. The van der Waals surface area contributed by atoms with Crippen LogP contribution in [0.3, 0.4) is 0 Å². The van der Waals surface area contributed by atoms with Gasteiger partial charge in [0, 0.05) is 24.5 Å². The number of rotatable bonds is 3. The minimum Gasteiger partial charge on any atom is -0.506 e. The summed E-state index contributed by atoms with van der Waals surface area (Å²) in [4.78, 5) is 11.2. The molecule has 2 aromatic carbocycles. The highest BCUT2D eigenvalue weighted by molar-refractivity contribution is 5.78. The minimum absolute atomic E-state index is 0.281. The van der Waals surface area contributed by atoms with Gasteiger partial charge in [0.1, 0.15) is 5.75 Å². The number of phenolic OH excluding ortho intramolecular Hbond substituents is 1. The molecule has 6 rings (SSSR count). The zero-order chi connectivity index (χ0) is 26.0. The Morgan fingerprint density at radius 2 is 1.78 bits per heavy atom. The van der Waals surface area contributed by atoms with Crippen LogP contribution in [0.15, 0.2) is 36.4 Å². The molecule has 1 saturated carbocycles. The van der Waals surface area contributed by atoms with E-state index < -0.39 is 12.5 Å². The van der Waals surface area contributed by atoms with Crippen molar-refractivity contribution in [2.75, 3.05) is 29.9 Å². The van der Waals surface area contributed by atoms with Crippen LogP contribution in [-0.2, 0) is 16.6 Å². The van der Waals surface area contributed by atoms with Crippen LogP contribution >= 0.6 is 0 Å². The largest absolute Gasteiger partial charge is 0.506 e. The van der Waals surface area contributed by atoms with Crippen molar-refractivity contribution >= 4 is 23.3 Å². The van der Waals surface area contributed by atoms with Crippen LogP contribution in [0.5, 0.6) is 5.75 Å².